The first kappa shape index (κ1) is 18.6. The van der Waals surface area contributed by atoms with Gasteiger partial charge in [-0.25, -0.2) is 13.4 Å². The third-order valence-electron chi connectivity index (χ3n) is 4.56. The summed E-state index contributed by atoms with van der Waals surface area (Å²) in [5, 5.41) is 12.3. The summed E-state index contributed by atoms with van der Waals surface area (Å²) in [5.41, 5.74) is 1.39. The molecule has 1 fully saturated rings. The Kier molecular flexibility index (Phi) is 5.40. The SMILES string of the molecule is Cn1cc(CCCNC(=O)C2=NN([C@@H]3CCS(=O)(=O)C3)C(=O)CC2)cn1. The molecule has 1 N–H and O–H groups in total. The molecule has 26 heavy (non-hydrogen) atoms. The fourth-order valence-electron chi connectivity index (χ4n) is 3.19. The van der Waals surface area contributed by atoms with E-state index in [4.69, 9.17) is 0 Å². The fourth-order valence-corrected chi connectivity index (χ4v) is 4.88. The minimum Gasteiger partial charge on any atom is -0.351 e. The minimum absolute atomic E-state index is 0.0623. The number of aromatic nitrogens is 2. The average Bonchev–Trinajstić information content (AvgIpc) is 3.17. The number of sulfone groups is 1. The Hall–Kier alpha value is -2.23. The quantitative estimate of drug-likeness (QED) is 0.676. The van der Waals surface area contributed by atoms with E-state index in [1.54, 1.807) is 10.9 Å². The van der Waals surface area contributed by atoms with Gasteiger partial charge in [0.25, 0.3) is 5.91 Å². The Morgan fingerprint density at radius 2 is 2.19 bits per heavy atom. The van der Waals surface area contributed by atoms with Gasteiger partial charge in [-0.1, -0.05) is 0 Å². The van der Waals surface area contributed by atoms with E-state index in [9.17, 15) is 18.0 Å². The van der Waals surface area contributed by atoms with Crippen LogP contribution in [0.25, 0.3) is 0 Å². The molecule has 3 rings (SSSR count). The fraction of sp³-hybridized carbons (Fsp3) is 0.625. The molecule has 0 bridgehead atoms. The number of rotatable bonds is 6. The smallest absolute Gasteiger partial charge is 0.267 e. The second-order valence-electron chi connectivity index (χ2n) is 6.72. The van der Waals surface area contributed by atoms with Crippen molar-refractivity contribution in [1.82, 2.24) is 20.1 Å². The van der Waals surface area contributed by atoms with Gasteiger partial charge in [-0.05, 0) is 24.8 Å². The van der Waals surface area contributed by atoms with Gasteiger partial charge in [0.05, 0.1) is 23.7 Å². The van der Waals surface area contributed by atoms with Gasteiger partial charge in [0, 0.05) is 32.6 Å². The van der Waals surface area contributed by atoms with Gasteiger partial charge in [0.1, 0.15) is 5.71 Å². The van der Waals surface area contributed by atoms with Crippen LogP contribution in [0.15, 0.2) is 17.5 Å². The highest BCUT2D eigenvalue weighted by atomic mass is 32.2. The second kappa shape index (κ2) is 7.56. The molecular formula is C16H23N5O4S. The van der Waals surface area contributed by atoms with Gasteiger partial charge < -0.3 is 5.32 Å². The van der Waals surface area contributed by atoms with Crippen LogP contribution in [0.3, 0.4) is 0 Å². The molecule has 2 amide bonds. The Morgan fingerprint density at radius 1 is 1.38 bits per heavy atom. The highest BCUT2D eigenvalue weighted by molar-refractivity contribution is 7.91. The highest BCUT2D eigenvalue weighted by Gasteiger charge is 2.37. The predicted octanol–water partition coefficient (Wildman–Crippen LogP) is -0.366. The molecule has 0 unspecified atom stereocenters. The molecule has 0 aliphatic carbocycles. The molecule has 0 aromatic carbocycles. The van der Waals surface area contributed by atoms with Gasteiger partial charge in [-0.15, -0.1) is 0 Å². The van der Waals surface area contributed by atoms with Crippen LogP contribution in [0.5, 0.6) is 0 Å². The Morgan fingerprint density at radius 3 is 2.85 bits per heavy atom. The van der Waals surface area contributed by atoms with E-state index < -0.39 is 15.9 Å². The Bertz CT molecular complexity index is 829. The first-order valence-electron chi connectivity index (χ1n) is 8.70. The number of aryl methyl sites for hydroxylation is 2. The number of amides is 2. The van der Waals surface area contributed by atoms with Crippen molar-refractivity contribution < 1.29 is 18.0 Å². The number of carbonyl (C=O) groups is 2. The maximum Gasteiger partial charge on any atom is 0.267 e. The van der Waals surface area contributed by atoms with E-state index in [-0.39, 0.29) is 41.9 Å². The summed E-state index contributed by atoms with van der Waals surface area (Å²) in [6, 6.07) is -0.457. The van der Waals surface area contributed by atoms with E-state index >= 15 is 0 Å². The molecule has 0 radical (unpaired) electrons. The maximum absolute atomic E-state index is 12.3. The van der Waals surface area contributed by atoms with E-state index in [1.807, 2.05) is 13.2 Å². The lowest BCUT2D eigenvalue weighted by Gasteiger charge is -2.27. The highest BCUT2D eigenvalue weighted by Crippen LogP contribution is 2.22. The summed E-state index contributed by atoms with van der Waals surface area (Å²) in [6.07, 6.45) is 6.15. The van der Waals surface area contributed by atoms with Crippen molar-refractivity contribution in [2.75, 3.05) is 18.1 Å². The van der Waals surface area contributed by atoms with Crippen molar-refractivity contribution in [3.05, 3.63) is 18.0 Å². The lowest BCUT2D eigenvalue weighted by atomic mass is 10.1. The molecule has 2 aliphatic heterocycles. The summed E-state index contributed by atoms with van der Waals surface area (Å²) < 4.78 is 25.0. The number of carbonyl (C=O) groups excluding carboxylic acids is 2. The van der Waals surface area contributed by atoms with E-state index in [0.717, 1.165) is 18.4 Å². The second-order valence-corrected chi connectivity index (χ2v) is 8.95. The van der Waals surface area contributed by atoms with Crippen LogP contribution in [0, 0.1) is 0 Å². The first-order valence-corrected chi connectivity index (χ1v) is 10.5. The van der Waals surface area contributed by atoms with Crippen molar-refractivity contribution in [1.29, 1.82) is 0 Å². The summed E-state index contributed by atoms with van der Waals surface area (Å²) in [7, 11) is -1.26. The normalized spacial score (nSPS) is 22.3. The summed E-state index contributed by atoms with van der Waals surface area (Å²) in [5.74, 6) is -0.537. The largest absolute Gasteiger partial charge is 0.351 e. The molecule has 1 aromatic rings. The Balaban J connectivity index is 1.53. The monoisotopic (exact) mass is 381 g/mol. The van der Waals surface area contributed by atoms with Gasteiger partial charge in [-0.2, -0.15) is 10.2 Å². The Labute approximate surface area is 152 Å². The average molecular weight is 381 g/mol. The van der Waals surface area contributed by atoms with Crippen molar-refractivity contribution in [2.45, 2.75) is 38.1 Å². The lowest BCUT2D eigenvalue weighted by Crippen LogP contribution is -2.44. The van der Waals surface area contributed by atoms with Crippen LogP contribution in [-0.2, 0) is 32.9 Å². The maximum atomic E-state index is 12.3. The molecule has 0 saturated carbocycles. The lowest BCUT2D eigenvalue weighted by molar-refractivity contribution is -0.133. The molecule has 1 saturated heterocycles. The molecule has 1 aromatic heterocycles. The zero-order chi connectivity index (χ0) is 18.7. The molecule has 0 spiro atoms. The molecular weight excluding hydrogens is 358 g/mol. The van der Waals surface area contributed by atoms with Crippen molar-refractivity contribution in [2.24, 2.45) is 12.1 Å². The van der Waals surface area contributed by atoms with Gasteiger partial charge in [-0.3, -0.25) is 14.3 Å². The van der Waals surface area contributed by atoms with Gasteiger partial charge >= 0.3 is 0 Å². The van der Waals surface area contributed by atoms with Crippen molar-refractivity contribution in [3.63, 3.8) is 0 Å². The molecule has 3 heterocycles. The van der Waals surface area contributed by atoms with Crippen molar-refractivity contribution >= 4 is 27.4 Å². The topological polar surface area (TPSA) is 114 Å². The molecule has 2 aliphatic rings. The van der Waals surface area contributed by atoms with Crippen LogP contribution >= 0.6 is 0 Å². The summed E-state index contributed by atoms with van der Waals surface area (Å²) in [6.45, 7) is 0.499. The summed E-state index contributed by atoms with van der Waals surface area (Å²) >= 11 is 0. The minimum atomic E-state index is -3.12. The van der Waals surface area contributed by atoms with Crippen molar-refractivity contribution in [3.8, 4) is 0 Å². The van der Waals surface area contributed by atoms with Crippen LogP contribution < -0.4 is 5.32 Å². The zero-order valence-electron chi connectivity index (χ0n) is 14.7. The number of nitrogens with zero attached hydrogens (tertiary/aromatic N) is 4. The van der Waals surface area contributed by atoms with Crippen LogP contribution in [0.4, 0.5) is 0 Å². The zero-order valence-corrected chi connectivity index (χ0v) is 15.5. The van der Waals surface area contributed by atoms with Gasteiger partial charge in [0.15, 0.2) is 9.84 Å². The molecule has 10 heteroatoms. The van der Waals surface area contributed by atoms with E-state index in [0.29, 0.717) is 13.0 Å². The third-order valence-corrected chi connectivity index (χ3v) is 6.31. The number of hydrogen-bond donors (Lipinski definition) is 1. The van der Waals surface area contributed by atoms with Crippen LogP contribution in [0.2, 0.25) is 0 Å². The number of hydrogen-bond acceptors (Lipinski definition) is 6. The summed E-state index contributed by atoms with van der Waals surface area (Å²) in [4.78, 5) is 24.4. The first-order chi connectivity index (χ1) is 12.3. The molecule has 9 nitrogen and oxygen atoms in total. The van der Waals surface area contributed by atoms with Crippen LogP contribution in [-0.4, -0.2) is 64.8 Å². The standard InChI is InChI=1S/C16H23N5O4S/c1-20-10-12(9-18-20)3-2-7-17-16(23)14-4-5-15(22)21(19-14)13-6-8-26(24,25)11-13/h9-10,13H,2-8,11H2,1H3,(H,17,23)/t13-/m1/s1. The third kappa shape index (κ3) is 4.48. The van der Waals surface area contributed by atoms with E-state index in [1.165, 1.54) is 5.01 Å². The molecule has 142 valence electrons. The van der Waals surface area contributed by atoms with Crippen LogP contribution in [0.1, 0.15) is 31.2 Å². The van der Waals surface area contributed by atoms with Gasteiger partial charge in [0.2, 0.25) is 5.91 Å². The number of nitrogens with one attached hydrogen (secondary N) is 1. The molecule has 1 atom stereocenters. The van der Waals surface area contributed by atoms with E-state index in [2.05, 4.69) is 15.5 Å². The predicted molar refractivity (Wildman–Crippen MR) is 95.1 cm³/mol. The number of hydrazone groups is 1.